The molecule has 1 unspecified atom stereocenters. The summed E-state index contributed by atoms with van der Waals surface area (Å²) in [6.45, 7) is 0. The molecule has 0 saturated carbocycles. The monoisotopic (exact) mass is 638 g/mol. The second-order valence-electron chi connectivity index (χ2n) is 12.8. The summed E-state index contributed by atoms with van der Waals surface area (Å²) in [6, 6.07) is 67.1. The van der Waals surface area contributed by atoms with Crippen molar-refractivity contribution < 1.29 is 0 Å². The average molecular weight is 639 g/mol. The van der Waals surface area contributed by atoms with E-state index in [1.165, 1.54) is 54.2 Å². The van der Waals surface area contributed by atoms with Crippen molar-refractivity contribution in [3.63, 3.8) is 0 Å². The number of hydrogen-bond acceptors (Lipinski definition) is 2. The van der Waals surface area contributed by atoms with Crippen LogP contribution in [-0.4, -0.2) is 6.21 Å². The van der Waals surface area contributed by atoms with Crippen molar-refractivity contribution in [1.82, 2.24) is 0 Å². The summed E-state index contributed by atoms with van der Waals surface area (Å²) in [5, 5.41) is 13.6. The Bertz CT molecular complexity index is 2670. The lowest BCUT2D eigenvalue weighted by atomic mass is 9.94. The van der Waals surface area contributed by atoms with E-state index >= 15 is 0 Å². The fourth-order valence-electron chi connectivity index (χ4n) is 7.20. The van der Waals surface area contributed by atoms with Gasteiger partial charge in [0.1, 0.15) is 6.17 Å². The maximum atomic E-state index is 5.38. The Morgan fingerprint density at radius 3 is 1.88 bits per heavy atom. The van der Waals surface area contributed by atoms with Crippen LogP contribution in [0.2, 0.25) is 0 Å². The lowest BCUT2D eigenvalue weighted by Crippen LogP contribution is -2.10. The van der Waals surface area contributed by atoms with Gasteiger partial charge in [-0.15, -0.1) is 0 Å². The van der Waals surface area contributed by atoms with Crippen molar-refractivity contribution in [2.75, 3.05) is 5.32 Å². The van der Waals surface area contributed by atoms with Gasteiger partial charge in [-0.05, 0) is 83.5 Å². The molecule has 236 valence electrons. The van der Waals surface area contributed by atoms with E-state index < -0.39 is 0 Å². The van der Waals surface area contributed by atoms with Crippen molar-refractivity contribution in [3.8, 4) is 22.3 Å². The molecule has 0 spiro atoms. The predicted octanol–water partition coefficient (Wildman–Crippen LogP) is 12.9. The maximum absolute atomic E-state index is 5.38. The first kappa shape index (κ1) is 29.6. The van der Waals surface area contributed by atoms with Gasteiger partial charge in [0, 0.05) is 23.0 Å². The van der Waals surface area contributed by atoms with Crippen molar-refractivity contribution in [2.45, 2.75) is 6.17 Å². The highest BCUT2D eigenvalue weighted by Crippen LogP contribution is 2.35. The molecule has 0 bridgehead atoms. The molecule has 2 nitrogen and oxygen atoms in total. The molecule has 1 N–H and O–H groups in total. The molecule has 2 heteroatoms. The molecule has 0 aliphatic rings. The summed E-state index contributed by atoms with van der Waals surface area (Å²) in [4.78, 5) is 5.38. The van der Waals surface area contributed by atoms with E-state index in [-0.39, 0.29) is 6.17 Å². The van der Waals surface area contributed by atoms with Crippen LogP contribution in [-0.2, 0) is 0 Å². The SMILES string of the molecule is C(=NC(Nc1ccccc1-c1ccccc1)c1ccc(-c2ccc3ccccc3c2)cc1)c1c2ccccc2cc2c1ccc1ccccc12. The Labute approximate surface area is 292 Å². The van der Waals surface area contributed by atoms with Gasteiger partial charge in [0.2, 0.25) is 0 Å². The van der Waals surface area contributed by atoms with Crippen LogP contribution in [0.25, 0.3) is 65.3 Å². The van der Waals surface area contributed by atoms with Crippen molar-refractivity contribution in [2.24, 2.45) is 4.99 Å². The lowest BCUT2D eigenvalue weighted by Gasteiger charge is -2.20. The summed E-state index contributed by atoms with van der Waals surface area (Å²) in [6.07, 6.45) is 1.75. The number of nitrogens with one attached hydrogen (secondary N) is 1. The smallest absolute Gasteiger partial charge is 0.144 e. The number of hydrogen-bond donors (Lipinski definition) is 1. The zero-order valence-corrected chi connectivity index (χ0v) is 27.5. The van der Waals surface area contributed by atoms with Gasteiger partial charge in [-0.1, -0.05) is 170 Å². The molecular weight excluding hydrogens is 605 g/mol. The fourth-order valence-corrected chi connectivity index (χ4v) is 7.20. The predicted molar refractivity (Wildman–Crippen MR) is 214 cm³/mol. The first-order valence-corrected chi connectivity index (χ1v) is 17.1. The second kappa shape index (κ2) is 12.8. The molecule has 0 radical (unpaired) electrons. The summed E-state index contributed by atoms with van der Waals surface area (Å²) in [5.74, 6) is 0. The van der Waals surface area contributed by atoms with Crippen LogP contribution < -0.4 is 5.32 Å². The Morgan fingerprint density at radius 1 is 0.400 bits per heavy atom. The zero-order chi connectivity index (χ0) is 33.3. The topological polar surface area (TPSA) is 24.4 Å². The Balaban J connectivity index is 1.17. The average Bonchev–Trinajstić information content (AvgIpc) is 3.19. The number of nitrogens with zero attached hydrogens (tertiary/aromatic N) is 1. The Hall–Kier alpha value is -6.51. The van der Waals surface area contributed by atoms with Crippen LogP contribution in [0.5, 0.6) is 0 Å². The van der Waals surface area contributed by atoms with E-state index in [2.05, 4.69) is 200 Å². The molecule has 0 saturated heterocycles. The molecule has 0 aromatic heterocycles. The minimum absolute atomic E-state index is 0.333. The van der Waals surface area contributed by atoms with E-state index in [4.69, 9.17) is 4.99 Å². The molecular formula is C48H34N2. The van der Waals surface area contributed by atoms with Gasteiger partial charge in [-0.2, -0.15) is 0 Å². The highest BCUT2D eigenvalue weighted by molar-refractivity contribution is 6.20. The van der Waals surface area contributed by atoms with Crippen LogP contribution in [0.15, 0.2) is 193 Å². The molecule has 0 amide bonds. The van der Waals surface area contributed by atoms with E-state index in [1.807, 2.05) is 0 Å². The highest BCUT2D eigenvalue weighted by Gasteiger charge is 2.15. The number of anilines is 1. The van der Waals surface area contributed by atoms with Gasteiger partial charge in [0.25, 0.3) is 0 Å². The first-order chi connectivity index (χ1) is 24.8. The molecule has 9 aromatic carbocycles. The summed E-state index contributed by atoms with van der Waals surface area (Å²) in [5.41, 5.74) is 7.93. The standard InChI is InChI=1S/C48H34N2/c1-2-13-35(14-3-1)43-20-10-11-21-47(43)50-48(37-25-22-34(23-26-37)39-27-24-33-12-4-5-16-38(33)30-39)49-32-46-42-19-9-7-17-40(42)31-45-41-18-8-6-15-36(41)28-29-44(45)46/h1-32,48,50H. The third-order valence-electron chi connectivity index (χ3n) is 9.78. The largest absolute Gasteiger partial charge is 0.360 e. The summed E-state index contributed by atoms with van der Waals surface area (Å²) < 4.78 is 0. The van der Waals surface area contributed by atoms with E-state index in [0.717, 1.165) is 27.9 Å². The van der Waals surface area contributed by atoms with Crippen LogP contribution in [0.3, 0.4) is 0 Å². The first-order valence-electron chi connectivity index (χ1n) is 17.1. The highest BCUT2D eigenvalue weighted by atomic mass is 15.1. The third-order valence-corrected chi connectivity index (χ3v) is 9.78. The van der Waals surface area contributed by atoms with Gasteiger partial charge < -0.3 is 5.32 Å². The normalized spacial score (nSPS) is 12.2. The van der Waals surface area contributed by atoms with Gasteiger partial charge in [-0.3, -0.25) is 4.99 Å². The quantitative estimate of drug-likeness (QED) is 0.105. The fraction of sp³-hybridized carbons (Fsp3) is 0.0208. The number of fused-ring (bicyclic) bond motifs is 5. The number of para-hydroxylation sites is 1. The van der Waals surface area contributed by atoms with Crippen molar-refractivity contribution in [3.05, 3.63) is 199 Å². The molecule has 0 heterocycles. The maximum Gasteiger partial charge on any atom is 0.144 e. The molecule has 0 aliphatic carbocycles. The van der Waals surface area contributed by atoms with Gasteiger partial charge in [-0.25, -0.2) is 0 Å². The third kappa shape index (κ3) is 5.57. The Kier molecular flexibility index (Phi) is 7.60. The molecule has 50 heavy (non-hydrogen) atoms. The van der Waals surface area contributed by atoms with E-state index in [1.54, 1.807) is 0 Å². The van der Waals surface area contributed by atoms with Crippen molar-refractivity contribution >= 4 is 55.0 Å². The van der Waals surface area contributed by atoms with Crippen LogP contribution in [0, 0.1) is 0 Å². The van der Waals surface area contributed by atoms with Gasteiger partial charge in [0.05, 0.1) is 0 Å². The van der Waals surface area contributed by atoms with Gasteiger partial charge >= 0.3 is 0 Å². The number of aliphatic imine (C=N–C) groups is 1. The Morgan fingerprint density at radius 2 is 1.04 bits per heavy atom. The van der Waals surface area contributed by atoms with Gasteiger partial charge in [0.15, 0.2) is 0 Å². The summed E-state index contributed by atoms with van der Waals surface area (Å²) >= 11 is 0. The molecule has 0 aliphatic heterocycles. The van der Waals surface area contributed by atoms with Crippen LogP contribution in [0.4, 0.5) is 5.69 Å². The summed E-state index contributed by atoms with van der Waals surface area (Å²) in [7, 11) is 0. The minimum Gasteiger partial charge on any atom is -0.360 e. The molecule has 9 aromatic rings. The second-order valence-corrected chi connectivity index (χ2v) is 12.8. The number of benzene rings is 9. The lowest BCUT2D eigenvalue weighted by molar-refractivity contribution is 0.844. The zero-order valence-electron chi connectivity index (χ0n) is 27.5. The van der Waals surface area contributed by atoms with Crippen LogP contribution in [0.1, 0.15) is 17.3 Å². The molecule has 9 rings (SSSR count). The van der Waals surface area contributed by atoms with Crippen molar-refractivity contribution in [1.29, 1.82) is 0 Å². The van der Waals surface area contributed by atoms with Crippen LogP contribution >= 0.6 is 0 Å². The molecule has 0 fully saturated rings. The number of rotatable bonds is 7. The van der Waals surface area contributed by atoms with E-state index in [0.29, 0.717) is 0 Å². The minimum atomic E-state index is -0.333. The molecule has 1 atom stereocenters. The van der Waals surface area contributed by atoms with E-state index in [9.17, 15) is 0 Å².